The first-order valence-electron chi connectivity index (χ1n) is 9.45. The van der Waals surface area contributed by atoms with E-state index in [1.165, 1.54) is 7.11 Å². The molecule has 1 aliphatic heterocycles. The number of rotatable bonds is 9. The number of aryl methyl sites for hydroxylation is 1. The van der Waals surface area contributed by atoms with Gasteiger partial charge in [-0.2, -0.15) is 0 Å². The summed E-state index contributed by atoms with van der Waals surface area (Å²) >= 11 is 0. The zero-order valence-corrected chi connectivity index (χ0v) is 16.0. The normalized spacial score (nSPS) is 13.0. The first kappa shape index (κ1) is 19.7. The fraction of sp³-hybridized carbons (Fsp3) is 0.364. The van der Waals surface area contributed by atoms with Gasteiger partial charge in [0.25, 0.3) is 0 Å². The number of methoxy groups -OCH3 is 1. The first-order chi connectivity index (χ1) is 13.7. The van der Waals surface area contributed by atoms with Crippen LogP contribution in [0.1, 0.15) is 30.4 Å². The van der Waals surface area contributed by atoms with Gasteiger partial charge in [-0.1, -0.05) is 36.4 Å². The summed E-state index contributed by atoms with van der Waals surface area (Å²) in [5, 5.41) is 2.80. The van der Waals surface area contributed by atoms with Gasteiger partial charge in [0.1, 0.15) is 6.04 Å². The average Bonchev–Trinajstić information content (AvgIpc) is 3.19. The molecule has 1 atom stereocenters. The number of amides is 1. The molecular weight excluding hydrogens is 358 g/mol. The Hall–Kier alpha value is -3.02. The fourth-order valence-corrected chi connectivity index (χ4v) is 3.16. The number of unbranched alkanes of at least 4 members (excludes halogenated alkanes) is 1. The lowest BCUT2D eigenvalue weighted by Gasteiger charge is -2.16. The molecule has 28 heavy (non-hydrogen) atoms. The zero-order valence-electron chi connectivity index (χ0n) is 16.0. The van der Waals surface area contributed by atoms with Crippen LogP contribution in [-0.4, -0.2) is 31.8 Å². The molecule has 0 aromatic heterocycles. The maximum atomic E-state index is 12.3. The summed E-state index contributed by atoms with van der Waals surface area (Å²) in [6.45, 7) is 0.267. The largest absolute Gasteiger partial charge is 0.467 e. The third-order valence-corrected chi connectivity index (χ3v) is 4.66. The molecule has 0 radical (unpaired) electrons. The van der Waals surface area contributed by atoms with E-state index in [1.54, 1.807) is 0 Å². The Kier molecular flexibility index (Phi) is 6.89. The van der Waals surface area contributed by atoms with E-state index >= 15 is 0 Å². The Balaban J connectivity index is 1.43. The van der Waals surface area contributed by atoms with E-state index in [2.05, 4.69) is 5.32 Å². The van der Waals surface area contributed by atoms with Gasteiger partial charge in [-0.25, -0.2) is 4.79 Å². The molecule has 1 amide bonds. The maximum absolute atomic E-state index is 12.3. The summed E-state index contributed by atoms with van der Waals surface area (Å²) in [5.41, 5.74) is 2.13. The smallest absolute Gasteiger partial charge is 0.328 e. The molecule has 0 bridgehead atoms. The number of carbonyl (C=O) groups excluding carboxylic acids is 2. The molecule has 1 heterocycles. The molecule has 6 nitrogen and oxygen atoms in total. The summed E-state index contributed by atoms with van der Waals surface area (Å²) in [6, 6.07) is 14.8. The van der Waals surface area contributed by atoms with Crippen LogP contribution in [0.25, 0.3) is 0 Å². The Bertz CT molecular complexity index is 806. The highest BCUT2D eigenvalue weighted by molar-refractivity contribution is 5.84. The summed E-state index contributed by atoms with van der Waals surface area (Å²) < 4.78 is 15.5. The predicted octanol–water partition coefficient (Wildman–Crippen LogP) is 3.03. The maximum Gasteiger partial charge on any atom is 0.328 e. The van der Waals surface area contributed by atoms with E-state index in [9.17, 15) is 9.59 Å². The van der Waals surface area contributed by atoms with E-state index in [1.807, 2.05) is 48.5 Å². The summed E-state index contributed by atoms with van der Waals surface area (Å²) in [4.78, 5) is 24.3. The van der Waals surface area contributed by atoms with Gasteiger partial charge in [-0.15, -0.1) is 0 Å². The van der Waals surface area contributed by atoms with Gasteiger partial charge in [-0.3, -0.25) is 4.79 Å². The first-order valence-corrected chi connectivity index (χ1v) is 9.45. The molecular formula is C22H25NO5. The van der Waals surface area contributed by atoms with Gasteiger partial charge in [0.05, 0.1) is 7.11 Å². The quantitative estimate of drug-likeness (QED) is 0.532. The molecule has 2 aromatic carbocycles. The molecule has 0 saturated heterocycles. The van der Waals surface area contributed by atoms with Crippen LogP contribution in [-0.2, 0) is 27.2 Å². The van der Waals surface area contributed by atoms with E-state index < -0.39 is 12.0 Å². The van der Waals surface area contributed by atoms with Crippen molar-refractivity contribution < 1.29 is 23.8 Å². The fourth-order valence-electron chi connectivity index (χ4n) is 3.16. The number of fused-ring (bicyclic) bond motifs is 1. The van der Waals surface area contributed by atoms with Crippen molar-refractivity contribution in [3.63, 3.8) is 0 Å². The van der Waals surface area contributed by atoms with Crippen LogP contribution in [0.2, 0.25) is 0 Å². The number of hydrogen-bond acceptors (Lipinski definition) is 5. The minimum Gasteiger partial charge on any atom is -0.467 e. The summed E-state index contributed by atoms with van der Waals surface area (Å²) in [7, 11) is 1.33. The minimum absolute atomic E-state index is 0.142. The van der Waals surface area contributed by atoms with Crippen LogP contribution in [0.4, 0.5) is 0 Å². The van der Waals surface area contributed by atoms with Crippen molar-refractivity contribution in [2.24, 2.45) is 0 Å². The number of ether oxygens (including phenoxy) is 3. The Morgan fingerprint density at radius 1 is 1.04 bits per heavy atom. The number of carbonyl (C=O) groups is 2. The lowest BCUT2D eigenvalue weighted by Crippen LogP contribution is -2.43. The predicted molar refractivity (Wildman–Crippen MR) is 104 cm³/mol. The molecule has 2 aromatic rings. The van der Waals surface area contributed by atoms with Crippen LogP contribution in [0.5, 0.6) is 11.5 Å². The Labute approximate surface area is 164 Å². The second-order valence-electron chi connectivity index (χ2n) is 6.73. The molecule has 148 valence electrons. The Morgan fingerprint density at radius 3 is 2.61 bits per heavy atom. The van der Waals surface area contributed by atoms with E-state index in [-0.39, 0.29) is 12.7 Å². The molecule has 1 aliphatic rings. The molecule has 6 heteroatoms. The van der Waals surface area contributed by atoms with E-state index in [0.29, 0.717) is 12.8 Å². The molecule has 0 unspecified atom stereocenters. The standard InChI is InChI=1S/C22H25NO5/c1-26-22(25)18(13-16-7-3-2-4-8-16)23-21(24)10-6-5-9-17-11-12-19-20(14-17)28-15-27-19/h2-4,7-8,11-12,14,18H,5-6,9-10,13,15H2,1H3,(H,23,24)/t18-/m0/s1. The third-order valence-electron chi connectivity index (χ3n) is 4.66. The van der Waals surface area contributed by atoms with Gasteiger partial charge in [0.15, 0.2) is 11.5 Å². The molecule has 1 N–H and O–H groups in total. The van der Waals surface area contributed by atoms with Crippen molar-refractivity contribution in [2.45, 2.75) is 38.1 Å². The van der Waals surface area contributed by atoms with Gasteiger partial charge in [0.2, 0.25) is 12.7 Å². The van der Waals surface area contributed by atoms with Crippen molar-refractivity contribution in [3.8, 4) is 11.5 Å². The van der Waals surface area contributed by atoms with Crippen molar-refractivity contribution in [3.05, 3.63) is 59.7 Å². The number of benzene rings is 2. The van der Waals surface area contributed by atoms with Gasteiger partial charge < -0.3 is 19.5 Å². The van der Waals surface area contributed by atoms with Gasteiger partial charge in [-0.05, 0) is 42.5 Å². The zero-order chi connectivity index (χ0) is 19.8. The van der Waals surface area contributed by atoms with Crippen LogP contribution in [0.15, 0.2) is 48.5 Å². The van der Waals surface area contributed by atoms with Crippen molar-refractivity contribution in [2.75, 3.05) is 13.9 Å². The van der Waals surface area contributed by atoms with Crippen LogP contribution in [0, 0.1) is 0 Å². The van der Waals surface area contributed by atoms with E-state index in [0.717, 1.165) is 41.9 Å². The lowest BCUT2D eigenvalue weighted by molar-refractivity contribution is -0.145. The van der Waals surface area contributed by atoms with Crippen LogP contribution < -0.4 is 14.8 Å². The second-order valence-corrected chi connectivity index (χ2v) is 6.73. The molecule has 0 saturated carbocycles. The van der Waals surface area contributed by atoms with Crippen molar-refractivity contribution >= 4 is 11.9 Å². The average molecular weight is 383 g/mol. The molecule has 0 fully saturated rings. The van der Waals surface area contributed by atoms with E-state index in [4.69, 9.17) is 14.2 Å². The van der Waals surface area contributed by atoms with Crippen LogP contribution in [0.3, 0.4) is 0 Å². The monoisotopic (exact) mass is 383 g/mol. The highest BCUT2D eigenvalue weighted by Crippen LogP contribution is 2.32. The third kappa shape index (κ3) is 5.49. The molecule has 0 spiro atoms. The highest BCUT2D eigenvalue weighted by atomic mass is 16.7. The van der Waals surface area contributed by atoms with Gasteiger partial charge in [0, 0.05) is 12.8 Å². The van der Waals surface area contributed by atoms with Crippen molar-refractivity contribution in [1.82, 2.24) is 5.32 Å². The number of nitrogens with one attached hydrogen (secondary N) is 1. The number of hydrogen-bond donors (Lipinski definition) is 1. The Morgan fingerprint density at radius 2 is 1.82 bits per heavy atom. The molecule has 3 rings (SSSR count). The second kappa shape index (κ2) is 9.78. The minimum atomic E-state index is -0.672. The topological polar surface area (TPSA) is 73.9 Å². The lowest BCUT2D eigenvalue weighted by atomic mass is 10.0. The summed E-state index contributed by atoms with van der Waals surface area (Å²) in [6.07, 6.45) is 3.24. The number of esters is 1. The van der Waals surface area contributed by atoms with Crippen LogP contribution >= 0.6 is 0 Å². The SMILES string of the molecule is COC(=O)[C@H](Cc1ccccc1)NC(=O)CCCCc1ccc2c(c1)OCO2. The van der Waals surface area contributed by atoms with Gasteiger partial charge >= 0.3 is 5.97 Å². The highest BCUT2D eigenvalue weighted by Gasteiger charge is 2.21. The van der Waals surface area contributed by atoms with Crippen molar-refractivity contribution in [1.29, 1.82) is 0 Å². The summed E-state index contributed by atoms with van der Waals surface area (Å²) in [5.74, 6) is 0.974. The molecule has 0 aliphatic carbocycles.